The highest BCUT2D eigenvalue weighted by Crippen LogP contribution is 2.20. The first-order valence-electron chi connectivity index (χ1n) is 6.61. The molecule has 2 saturated heterocycles. The molecule has 4 heteroatoms. The summed E-state index contributed by atoms with van der Waals surface area (Å²) in [5, 5.41) is 0. The minimum Gasteiger partial charge on any atom is -0.300 e. The first-order valence-corrected chi connectivity index (χ1v) is 8.09. The zero-order valence-corrected chi connectivity index (χ0v) is 11.2. The van der Waals surface area contributed by atoms with Gasteiger partial charge in [0, 0.05) is 54.5 Å². The second kappa shape index (κ2) is 6.12. The average Bonchev–Trinajstić information content (AvgIpc) is 2.35. The topological polar surface area (TPSA) is 23.6 Å². The number of rotatable bonds is 4. The maximum Gasteiger partial charge on any atom is 0.0362 e. The zero-order chi connectivity index (χ0) is 11.4. The van der Waals surface area contributed by atoms with Crippen molar-refractivity contribution in [2.75, 3.05) is 44.2 Å². The van der Waals surface area contributed by atoms with Crippen molar-refractivity contribution in [1.82, 2.24) is 9.80 Å². The second-order valence-electron chi connectivity index (χ2n) is 4.92. The van der Waals surface area contributed by atoms with E-state index in [-0.39, 0.29) is 0 Å². The van der Waals surface area contributed by atoms with Crippen LogP contribution in [0.15, 0.2) is 0 Å². The van der Waals surface area contributed by atoms with Gasteiger partial charge in [0.15, 0.2) is 0 Å². The van der Waals surface area contributed by atoms with Crippen LogP contribution in [0.3, 0.4) is 0 Å². The monoisotopic (exact) mass is 244 g/mol. The molecule has 0 aromatic rings. The summed E-state index contributed by atoms with van der Waals surface area (Å²) in [5.41, 5.74) is 0. The van der Waals surface area contributed by atoms with Gasteiger partial charge in [-0.3, -0.25) is 14.0 Å². The molecule has 0 saturated carbocycles. The third kappa shape index (κ3) is 3.28. The summed E-state index contributed by atoms with van der Waals surface area (Å²) in [6.45, 7) is 7.96. The molecule has 2 fully saturated rings. The molecule has 3 nitrogen and oxygen atoms in total. The molecule has 94 valence electrons. The molecular formula is C12H24N2OS. The van der Waals surface area contributed by atoms with Gasteiger partial charge in [0.1, 0.15) is 0 Å². The highest BCUT2D eigenvalue weighted by molar-refractivity contribution is 7.84. The highest BCUT2D eigenvalue weighted by Gasteiger charge is 2.28. The largest absolute Gasteiger partial charge is 0.300 e. The van der Waals surface area contributed by atoms with Gasteiger partial charge in [-0.25, -0.2) is 0 Å². The third-order valence-corrected chi connectivity index (χ3v) is 5.16. The van der Waals surface area contributed by atoms with Crippen LogP contribution >= 0.6 is 0 Å². The average molecular weight is 244 g/mol. The van der Waals surface area contributed by atoms with Crippen LogP contribution in [0.25, 0.3) is 0 Å². The Balaban J connectivity index is 1.74. The van der Waals surface area contributed by atoms with Crippen molar-refractivity contribution >= 4 is 10.8 Å². The van der Waals surface area contributed by atoms with Gasteiger partial charge in [0.05, 0.1) is 0 Å². The summed E-state index contributed by atoms with van der Waals surface area (Å²) >= 11 is 0. The Morgan fingerprint density at radius 1 is 1.25 bits per heavy atom. The Labute approximate surface area is 102 Å². The van der Waals surface area contributed by atoms with Crippen molar-refractivity contribution in [3.63, 3.8) is 0 Å². The summed E-state index contributed by atoms with van der Waals surface area (Å²) in [6, 6.07) is 0.789. The molecule has 2 aliphatic rings. The Morgan fingerprint density at radius 3 is 2.94 bits per heavy atom. The molecule has 2 rings (SSSR count). The van der Waals surface area contributed by atoms with Gasteiger partial charge in [0.25, 0.3) is 0 Å². The lowest BCUT2D eigenvalue weighted by Gasteiger charge is -2.44. The fourth-order valence-electron chi connectivity index (χ4n) is 2.80. The van der Waals surface area contributed by atoms with Crippen LogP contribution in [0.2, 0.25) is 0 Å². The van der Waals surface area contributed by atoms with Crippen LogP contribution in [0.4, 0.5) is 0 Å². The van der Waals surface area contributed by atoms with Crippen LogP contribution in [-0.4, -0.2) is 64.3 Å². The molecule has 0 aromatic heterocycles. The molecule has 2 atom stereocenters. The number of fused-ring (bicyclic) bond motifs is 1. The lowest BCUT2D eigenvalue weighted by molar-refractivity contribution is 0.0526. The van der Waals surface area contributed by atoms with Crippen LogP contribution in [0.5, 0.6) is 0 Å². The molecule has 0 aromatic carbocycles. The van der Waals surface area contributed by atoms with Crippen LogP contribution < -0.4 is 0 Å². The molecule has 0 N–H and O–H groups in total. The maximum absolute atomic E-state index is 11.4. The van der Waals surface area contributed by atoms with E-state index in [4.69, 9.17) is 0 Å². The van der Waals surface area contributed by atoms with E-state index >= 15 is 0 Å². The number of hydrogen-bond donors (Lipinski definition) is 0. The molecule has 0 amide bonds. The van der Waals surface area contributed by atoms with Gasteiger partial charge in [-0.1, -0.05) is 13.3 Å². The molecule has 2 heterocycles. The number of nitrogens with zero attached hydrogens (tertiary/aromatic N) is 2. The van der Waals surface area contributed by atoms with E-state index in [1.807, 2.05) is 6.92 Å². The Kier molecular flexibility index (Phi) is 4.79. The van der Waals surface area contributed by atoms with Crippen molar-refractivity contribution in [2.45, 2.75) is 32.2 Å². The SMILES string of the molecule is CCS(=O)CCN1CCN2CCCCC2C1. The summed E-state index contributed by atoms with van der Waals surface area (Å²) in [5.74, 6) is 1.67. The first kappa shape index (κ1) is 12.5. The van der Waals surface area contributed by atoms with Gasteiger partial charge < -0.3 is 0 Å². The van der Waals surface area contributed by atoms with Gasteiger partial charge in [-0.05, 0) is 19.4 Å². The fourth-order valence-corrected chi connectivity index (χ4v) is 3.55. The van der Waals surface area contributed by atoms with Gasteiger partial charge in [-0.15, -0.1) is 0 Å². The zero-order valence-electron chi connectivity index (χ0n) is 10.4. The second-order valence-corrected chi connectivity index (χ2v) is 6.78. The summed E-state index contributed by atoms with van der Waals surface area (Å²) in [6.07, 6.45) is 4.15. The quantitative estimate of drug-likeness (QED) is 0.735. The smallest absolute Gasteiger partial charge is 0.0362 e. The van der Waals surface area contributed by atoms with E-state index in [0.717, 1.165) is 24.1 Å². The van der Waals surface area contributed by atoms with Crippen molar-refractivity contribution < 1.29 is 4.21 Å². The predicted molar refractivity (Wildman–Crippen MR) is 69.2 cm³/mol. The lowest BCUT2D eigenvalue weighted by Crippen LogP contribution is -2.55. The van der Waals surface area contributed by atoms with E-state index in [9.17, 15) is 4.21 Å². The summed E-state index contributed by atoms with van der Waals surface area (Å²) < 4.78 is 11.4. The van der Waals surface area contributed by atoms with Crippen LogP contribution in [-0.2, 0) is 10.8 Å². The van der Waals surface area contributed by atoms with Crippen molar-refractivity contribution in [1.29, 1.82) is 0 Å². The predicted octanol–water partition coefficient (Wildman–Crippen LogP) is 0.925. The number of piperazine rings is 1. The van der Waals surface area contributed by atoms with Crippen molar-refractivity contribution in [2.24, 2.45) is 0 Å². The van der Waals surface area contributed by atoms with Gasteiger partial charge in [0.2, 0.25) is 0 Å². The van der Waals surface area contributed by atoms with Gasteiger partial charge >= 0.3 is 0 Å². The number of piperidine rings is 1. The van der Waals surface area contributed by atoms with Crippen LogP contribution in [0.1, 0.15) is 26.2 Å². The Morgan fingerprint density at radius 2 is 2.12 bits per heavy atom. The van der Waals surface area contributed by atoms with E-state index in [1.54, 1.807) is 0 Å². The lowest BCUT2D eigenvalue weighted by atomic mass is 10.00. The third-order valence-electron chi connectivity index (χ3n) is 3.88. The van der Waals surface area contributed by atoms with E-state index in [1.165, 1.54) is 45.4 Å². The maximum atomic E-state index is 11.4. The molecule has 16 heavy (non-hydrogen) atoms. The van der Waals surface area contributed by atoms with E-state index in [2.05, 4.69) is 9.80 Å². The standard InChI is InChI=1S/C12H24N2OS/c1-2-16(15)10-9-13-7-8-14-6-4-3-5-12(14)11-13/h12H,2-11H2,1H3. The van der Waals surface area contributed by atoms with Crippen molar-refractivity contribution in [3.05, 3.63) is 0 Å². The molecule has 0 radical (unpaired) electrons. The summed E-state index contributed by atoms with van der Waals surface area (Å²) in [7, 11) is -0.594. The highest BCUT2D eigenvalue weighted by atomic mass is 32.2. The molecule has 2 aliphatic heterocycles. The molecule has 0 spiro atoms. The molecule has 0 bridgehead atoms. The van der Waals surface area contributed by atoms with E-state index < -0.39 is 10.8 Å². The number of hydrogen-bond acceptors (Lipinski definition) is 3. The minimum absolute atomic E-state index is 0.594. The normalized spacial score (nSPS) is 29.9. The molecule has 2 unspecified atom stereocenters. The molecular weight excluding hydrogens is 220 g/mol. The van der Waals surface area contributed by atoms with Gasteiger partial charge in [-0.2, -0.15) is 0 Å². The minimum atomic E-state index is -0.594. The Bertz CT molecular complexity index is 247. The van der Waals surface area contributed by atoms with Crippen LogP contribution in [0, 0.1) is 0 Å². The summed E-state index contributed by atoms with van der Waals surface area (Å²) in [4.78, 5) is 5.16. The first-order chi connectivity index (χ1) is 7.79. The Hall–Kier alpha value is 0.0700. The molecule has 0 aliphatic carbocycles. The fraction of sp³-hybridized carbons (Fsp3) is 1.00. The van der Waals surface area contributed by atoms with E-state index in [0.29, 0.717) is 0 Å². The van der Waals surface area contributed by atoms with Crippen molar-refractivity contribution in [3.8, 4) is 0 Å².